The highest BCUT2D eigenvalue weighted by atomic mass is 35.5. The molecule has 58 heavy (non-hydrogen) atoms. The Morgan fingerprint density at radius 3 is 2.22 bits per heavy atom. The monoisotopic (exact) mass is 805 g/mol. The molecule has 4 heterocycles. The topological polar surface area (TPSA) is 147 Å². The van der Waals surface area contributed by atoms with Gasteiger partial charge < -0.3 is 19.4 Å². The van der Waals surface area contributed by atoms with Gasteiger partial charge in [-0.25, -0.2) is 0 Å². The van der Waals surface area contributed by atoms with Gasteiger partial charge in [0.15, 0.2) is 0 Å². The van der Waals surface area contributed by atoms with E-state index in [-0.39, 0.29) is 24.9 Å². The van der Waals surface area contributed by atoms with Gasteiger partial charge in [0.2, 0.25) is 11.8 Å². The predicted octanol–water partition coefficient (Wildman–Crippen LogP) is 5.11. The summed E-state index contributed by atoms with van der Waals surface area (Å²) in [4.78, 5) is 74.0. The minimum atomic E-state index is -0.975. The molecule has 0 bridgehead atoms. The number of halogens is 1. The summed E-state index contributed by atoms with van der Waals surface area (Å²) in [6.07, 6.45) is 6.15. The molecule has 3 aromatic rings. The number of anilines is 2. The Balaban J connectivity index is 0.764. The second-order valence-corrected chi connectivity index (χ2v) is 16.6. The summed E-state index contributed by atoms with van der Waals surface area (Å²) in [5, 5.41) is 11.8. The van der Waals surface area contributed by atoms with Crippen LogP contribution in [0.4, 0.5) is 11.4 Å². The van der Waals surface area contributed by atoms with Gasteiger partial charge >= 0.3 is 0 Å². The number of hydrogen-bond donors (Lipinski definition) is 1. The molecule has 8 rings (SSSR count). The number of hydrogen-bond acceptors (Lipinski definition) is 10. The number of carbonyl (C=O) groups excluding carboxylic acids is 5. The van der Waals surface area contributed by atoms with Gasteiger partial charge in [-0.3, -0.25) is 39.1 Å². The molecule has 1 atom stereocenters. The Morgan fingerprint density at radius 2 is 1.55 bits per heavy atom. The van der Waals surface area contributed by atoms with E-state index in [1.165, 1.54) is 0 Å². The zero-order chi connectivity index (χ0) is 40.5. The third-order valence-electron chi connectivity index (χ3n) is 12.7. The van der Waals surface area contributed by atoms with Crippen LogP contribution >= 0.6 is 11.6 Å². The van der Waals surface area contributed by atoms with Gasteiger partial charge in [0.1, 0.15) is 17.9 Å². The van der Waals surface area contributed by atoms with Crippen molar-refractivity contribution in [3.05, 3.63) is 87.9 Å². The summed E-state index contributed by atoms with van der Waals surface area (Å²) in [5.74, 6) is -0.700. The van der Waals surface area contributed by atoms with Gasteiger partial charge in [0.25, 0.3) is 17.7 Å². The summed E-state index contributed by atoms with van der Waals surface area (Å²) < 4.78 is 6.18. The van der Waals surface area contributed by atoms with E-state index < -0.39 is 29.7 Å². The smallest absolute Gasteiger partial charge is 0.262 e. The number of rotatable bonds is 9. The van der Waals surface area contributed by atoms with Crippen LogP contribution in [0.2, 0.25) is 5.02 Å². The summed E-state index contributed by atoms with van der Waals surface area (Å²) in [6, 6.07) is 20.0. The van der Waals surface area contributed by atoms with Gasteiger partial charge in [0.05, 0.1) is 27.8 Å². The van der Waals surface area contributed by atoms with Gasteiger partial charge in [-0.15, -0.1) is 0 Å². The quantitative estimate of drug-likeness (QED) is 0.290. The molecular formula is C44H48ClN7O6. The summed E-state index contributed by atoms with van der Waals surface area (Å²) in [6.45, 7) is 5.69. The van der Waals surface area contributed by atoms with E-state index in [0.717, 1.165) is 87.5 Å². The molecule has 1 unspecified atom stereocenters. The van der Waals surface area contributed by atoms with Crippen LogP contribution in [0.1, 0.15) is 88.0 Å². The van der Waals surface area contributed by atoms with Gasteiger partial charge in [0, 0.05) is 88.3 Å². The lowest BCUT2D eigenvalue weighted by molar-refractivity contribution is -0.136. The van der Waals surface area contributed by atoms with Crippen molar-refractivity contribution < 1.29 is 28.7 Å². The van der Waals surface area contributed by atoms with E-state index in [1.807, 2.05) is 35.2 Å². The second kappa shape index (κ2) is 16.8. The van der Waals surface area contributed by atoms with Crippen LogP contribution in [-0.2, 0) is 9.59 Å². The van der Waals surface area contributed by atoms with Crippen LogP contribution in [0.25, 0.3) is 0 Å². The first-order valence-corrected chi connectivity index (χ1v) is 20.8. The summed E-state index contributed by atoms with van der Waals surface area (Å²) in [5.41, 5.74) is 3.72. The van der Waals surface area contributed by atoms with Crippen LogP contribution in [-0.4, -0.2) is 115 Å². The van der Waals surface area contributed by atoms with E-state index in [1.54, 1.807) is 30.3 Å². The van der Waals surface area contributed by atoms with Crippen LogP contribution in [0.5, 0.6) is 5.75 Å². The van der Waals surface area contributed by atoms with Crippen molar-refractivity contribution in [1.82, 2.24) is 20.0 Å². The molecule has 1 aliphatic carbocycles. The molecule has 14 heteroatoms. The van der Waals surface area contributed by atoms with Crippen LogP contribution in [0.15, 0.2) is 60.7 Å². The third kappa shape index (κ3) is 8.13. The highest BCUT2D eigenvalue weighted by molar-refractivity contribution is 6.31. The fourth-order valence-corrected chi connectivity index (χ4v) is 9.38. The molecule has 3 aromatic carbocycles. The van der Waals surface area contributed by atoms with E-state index in [9.17, 15) is 24.0 Å². The number of nitrogens with zero attached hydrogens (tertiary/aromatic N) is 6. The molecule has 4 aliphatic heterocycles. The second-order valence-electron chi connectivity index (χ2n) is 16.2. The molecular weight excluding hydrogens is 758 g/mol. The SMILES string of the molecule is CN(c1ccc(C(=O)N2CCN(CC3CCN(c4ccc5c(c4)C(=O)N(C4CCC(=O)NC4=O)C5=O)CC3)CC2)cc1)C1CCC(Oc2ccc(C#N)c(Cl)c2)CC1. The maximum Gasteiger partial charge on any atom is 0.262 e. The fourth-order valence-electron chi connectivity index (χ4n) is 9.16. The van der Waals surface area contributed by atoms with Crippen molar-refractivity contribution >= 4 is 52.5 Å². The number of benzene rings is 3. The average Bonchev–Trinajstić information content (AvgIpc) is 3.49. The predicted molar refractivity (Wildman–Crippen MR) is 218 cm³/mol. The molecule has 1 N–H and O–H groups in total. The largest absolute Gasteiger partial charge is 0.490 e. The Kier molecular flexibility index (Phi) is 11.4. The Bertz CT molecular complexity index is 2130. The van der Waals surface area contributed by atoms with Crippen LogP contribution < -0.4 is 19.9 Å². The van der Waals surface area contributed by atoms with E-state index in [4.69, 9.17) is 21.6 Å². The Morgan fingerprint density at radius 1 is 0.845 bits per heavy atom. The molecule has 1 saturated carbocycles. The van der Waals surface area contributed by atoms with Crippen molar-refractivity contribution in [2.75, 3.05) is 62.7 Å². The number of amides is 5. The number of piperazine rings is 1. The molecule has 3 saturated heterocycles. The molecule has 0 aromatic heterocycles. The van der Waals surface area contributed by atoms with E-state index >= 15 is 0 Å². The summed E-state index contributed by atoms with van der Waals surface area (Å²) >= 11 is 6.19. The van der Waals surface area contributed by atoms with Crippen molar-refractivity contribution in [3.8, 4) is 11.8 Å². The van der Waals surface area contributed by atoms with Gasteiger partial charge in [-0.1, -0.05) is 11.6 Å². The normalized spacial score (nSPS) is 23.1. The molecule has 0 spiro atoms. The number of nitrogens with one attached hydrogen (secondary N) is 1. The maximum absolute atomic E-state index is 13.5. The summed E-state index contributed by atoms with van der Waals surface area (Å²) in [7, 11) is 2.12. The molecule has 5 aliphatic rings. The number of piperidine rings is 2. The average molecular weight is 806 g/mol. The molecule has 13 nitrogen and oxygen atoms in total. The minimum Gasteiger partial charge on any atom is -0.490 e. The molecule has 4 fully saturated rings. The Labute approximate surface area is 343 Å². The van der Waals surface area contributed by atoms with E-state index in [0.29, 0.717) is 58.1 Å². The first kappa shape index (κ1) is 39.4. The van der Waals surface area contributed by atoms with E-state index in [2.05, 4.69) is 33.1 Å². The van der Waals surface area contributed by atoms with Crippen molar-refractivity contribution in [2.24, 2.45) is 5.92 Å². The first-order chi connectivity index (χ1) is 28.1. The van der Waals surface area contributed by atoms with Gasteiger partial charge in [-0.05, 0) is 105 Å². The maximum atomic E-state index is 13.5. The Hall–Kier alpha value is -5.45. The van der Waals surface area contributed by atoms with Crippen molar-refractivity contribution in [3.63, 3.8) is 0 Å². The van der Waals surface area contributed by atoms with Crippen molar-refractivity contribution in [1.29, 1.82) is 5.26 Å². The lowest BCUT2D eigenvalue weighted by atomic mass is 9.91. The first-order valence-electron chi connectivity index (χ1n) is 20.4. The minimum absolute atomic E-state index is 0.0671. The molecule has 5 amide bonds. The van der Waals surface area contributed by atoms with Crippen LogP contribution in [0.3, 0.4) is 0 Å². The highest BCUT2D eigenvalue weighted by Gasteiger charge is 2.45. The lowest BCUT2D eigenvalue weighted by Gasteiger charge is -2.39. The third-order valence-corrected chi connectivity index (χ3v) is 13.0. The number of ether oxygens (including phenoxy) is 1. The number of nitriles is 1. The van der Waals surface area contributed by atoms with Gasteiger partial charge in [-0.2, -0.15) is 5.26 Å². The zero-order valence-corrected chi connectivity index (χ0v) is 33.5. The number of imide groups is 2. The number of fused-ring (bicyclic) bond motifs is 1. The van der Waals surface area contributed by atoms with Crippen LogP contribution in [0, 0.1) is 17.2 Å². The molecule has 302 valence electrons. The highest BCUT2D eigenvalue weighted by Crippen LogP contribution is 2.34. The number of carbonyl (C=O) groups is 5. The lowest BCUT2D eigenvalue weighted by Crippen LogP contribution is -2.54. The zero-order valence-electron chi connectivity index (χ0n) is 32.7. The fraction of sp³-hybridized carbons (Fsp3) is 0.455. The molecule has 0 radical (unpaired) electrons. The van der Waals surface area contributed by atoms with Crippen molar-refractivity contribution in [2.45, 2.75) is 69.6 Å². The standard InChI is InChI=1S/C44H48ClN7O6/c1-48(32-7-11-34(12-8-32)58-35-10-4-30(26-46)38(45)25-35)31-5-2-29(3-6-31)42(55)51-22-20-49(21-23-51)27-28-16-18-50(19-17-28)33-9-13-36-37(24-33)44(57)52(43(36)56)39-14-15-40(53)47-41(39)54/h2-6,9-10,13,24-25,28,32,34,39H,7-8,11-12,14-23,27H2,1H3,(H,47,53,54).